The third-order valence-corrected chi connectivity index (χ3v) is 9.36. The van der Waals surface area contributed by atoms with Crippen LogP contribution in [-0.4, -0.2) is 40.8 Å². The van der Waals surface area contributed by atoms with E-state index in [1.165, 1.54) is 5.56 Å². The number of fused-ring (bicyclic) bond motifs is 3. The highest BCUT2D eigenvalue weighted by molar-refractivity contribution is 9.09. The molecule has 3 aliphatic rings. The molecule has 0 amide bonds. The molecule has 172 valence electrons. The third kappa shape index (κ3) is 4.08. The van der Waals surface area contributed by atoms with Crippen LogP contribution in [0.5, 0.6) is 0 Å². The zero-order valence-electron chi connectivity index (χ0n) is 19.1. The van der Waals surface area contributed by atoms with Gasteiger partial charge in [0, 0.05) is 24.7 Å². The van der Waals surface area contributed by atoms with E-state index in [4.69, 9.17) is 4.74 Å². The summed E-state index contributed by atoms with van der Waals surface area (Å²) in [5.74, 6) is 0. The van der Waals surface area contributed by atoms with E-state index in [2.05, 4.69) is 64.5 Å². The van der Waals surface area contributed by atoms with Crippen LogP contribution in [0.4, 0.5) is 0 Å². The number of hydrogen-bond acceptors (Lipinski definition) is 2. The van der Waals surface area contributed by atoms with Gasteiger partial charge in [-0.3, -0.25) is 0 Å². The zero-order chi connectivity index (χ0) is 22.8. The number of alkyl halides is 1. The second-order valence-electron chi connectivity index (χ2n) is 9.79. The van der Waals surface area contributed by atoms with Crippen LogP contribution in [0.25, 0.3) is 0 Å². The summed E-state index contributed by atoms with van der Waals surface area (Å²) >= 11 is 4.08. The minimum atomic E-state index is -0.998. The Labute approximate surface area is 205 Å². The normalized spacial score (nSPS) is 26.9. The van der Waals surface area contributed by atoms with Gasteiger partial charge in [0.05, 0.1) is 26.3 Å². The lowest BCUT2D eigenvalue weighted by molar-refractivity contribution is -0.954. The highest BCUT2D eigenvalue weighted by Gasteiger charge is 2.63. The fraction of sp³-hybridized carbons (Fsp3) is 0.379. The third-order valence-electron chi connectivity index (χ3n) is 8.17. The highest BCUT2D eigenvalue weighted by atomic mass is 79.9. The molecule has 0 saturated carbocycles. The van der Waals surface area contributed by atoms with Crippen molar-refractivity contribution in [2.24, 2.45) is 5.41 Å². The number of hydrogen-bond donors (Lipinski definition) is 1. The molecule has 33 heavy (non-hydrogen) atoms. The van der Waals surface area contributed by atoms with Crippen molar-refractivity contribution in [2.75, 3.05) is 26.2 Å². The van der Waals surface area contributed by atoms with E-state index in [-0.39, 0.29) is 5.41 Å². The van der Waals surface area contributed by atoms with E-state index in [9.17, 15) is 5.11 Å². The van der Waals surface area contributed by atoms with E-state index in [1.807, 2.05) is 42.5 Å². The van der Waals surface area contributed by atoms with Crippen molar-refractivity contribution in [2.45, 2.75) is 36.4 Å². The summed E-state index contributed by atoms with van der Waals surface area (Å²) in [6.07, 6.45) is 2.97. The van der Waals surface area contributed by atoms with Gasteiger partial charge in [0.1, 0.15) is 17.1 Å². The lowest BCUT2D eigenvalue weighted by Crippen LogP contribution is -2.69. The molecule has 3 heterocycles. The summed E-state index contributed by atoms with van der Waals surface area (Å²) in [4.78, 5) is 0.319. The van der Waals surface area contributed by atoms with Crippen molar-refractivity contribution < 1.29 is 14.3 Å². The SMILES string of the molecule is OC(c1ccccc1)(c1ccccc1)C12CC[N+](CCOCc3ccccc3)(CC1)C(Br)C2. The molecule has 3 aromatic carbocycles. The van der Waals surface area contributed by atoms with Gasteiger partial charge in [0.2, 0.25) is 0 Å². The van der Waals surface area contributed by atoms with Crippen LogP contribution in [0.3, 0.4) is 0 Å². The molecule has 3 nitrogen and oxygen atoms in total. The summed E-state index contributed by atoms with van der Waals surface area (Å²) < 4.78 is 7.10. The zero-order valence-corrected chi connectivity index (χ0v) is 20.7. The number of nitrogens with zero attached hydrogens (tertiary/aromatic N) is 1. The minimum absolute atomic E-state index is 0.186. The maximum absolute atomic E-state index is 12.5. The second kappa shape index (κ2) is 9.34. The predicted molar refractivity (Wildman–Crippen MR) is 136 cm³/mol. The number of piperidine rings is 3. The Morgan fingerprint density at radius 3 is 1.88 bits per heavy atom. The number of benzene rings is 3. The fourth-order valence-corrected chi connectivity index (χ4v) is 7.37. The molecule has 1 atom stereocenters. The first-order valence-corrected chi connectivity index (χ1v) is 12.9. The Hall–Kier alpha value is -1.98. The lowest BCUT2D eigenvalue weighted by atomic mass is 9.56. The Balaban J connectivity index is 1.35. The summed E-state index contributed by atoms with van der Waals surface area (Å²) in [7, 11) is 0. The molecule has 0 aliphatic carbocycles. The van der Waals surface area contributed by atoms with E-state index in [0.717, 1.165) is 61.1 Å². The molecule has 3 aromatic rings. The quantitative estimate of drug-likeness (QED) is 0.179. The lowest BCUT2D eigenvalue weighted by Gasteiger charge is -2.62. The van der Waals surface area contributed by atoms with Gasteiger partial charge in [0.25, 0.3) is 0 Å². The average molecular weight is 507 g/mol. The molecule has 1 N–H and O–H groups in total. The van der Waals surface area contributed by atoms with Gasteiger partial charge < -0.3 is 14.3 Å². The number of ether oxygens (including phenoxy) is 1. The van der Waals surface area contributed by atoms with Gasteiger partial charge in [-0.1, -0.05) is 91.0 Å². The van der Waals surface area contributed by atoms with Gasteiger partial charge >= 0.3 is 0 Å². The molecule has 3 fully saturated rings. The van der Waals surface area contributed by atoms with Crippen LogP contribution < -0.4 is 0 Å². The Bertz CT molecular complexity index is 993. The summed E-state index contributed by atoms with van der Waals surface area (Å²) in [6.45, 7) is 4.55. The van der Waals surface area contributed by atoms with E-state index in [0.29, 0.717) is 11.6 Å². The minimum Gasteiger partial charge on any atom is -0.380 e. The van der Waals surface area contributed by atoms with Gasteiger partial charge in [-0.05, 0) is 32.6 Å². The maximum atomic E-state index is 12.5. The standard InChI is InChI=1S/C29H33BrNO2/c30-27-22-28(29(32,25-12-6-2-7-13-25)26-14-8-3-9-15-26)16-18-31(27,19-17-28)20-21-33-23-24-10-4-1-5-11-24/h1-15,27,32H,16-23H2/q+1. The van der Waals surface area contributed by atoms with Crippen LogP contribution in [0.1, 0.15) is 36.0 Å². The van der Waals surface area contributed by atoms with Crippen molar-refractivity contribution in [3.63, 3.8) is 0 Å². The first-order valence-electron chi connectivity index (χ1n) is 12.0. The molecular weight excluding hydrogens is 474 g/mol. The van der Waals surface area contributed by atoms with Crippen molar-refractivity contribution >= 4 is 15.9 Å². The Kier molecular flexibility index (Phi) is 6.45. The summed E-state index contributed by atoms with van der Waals surface area (Å²) in [5, 5.41) is 12.5. The van der Waals surface area contributed by atoms with Gasteiger partial charge in [-0.25, -0.2) is 0 Å². The number of halogens is 1. The molecule has 0 spiro atoms. The van der Waals surface area contributed by atoms with Gasteiger partial charge in [0.15, 0.2) is 0 Å². The second-order valence-corrected chi connectivity index (χ2v) is 10.8. The van der Waals surface area contributed by atoms with E-state index >= 15 is 0 Å². The fourth-order valence-electron chi connectivity index (χ4n) is 6.13. The first kappa shape index (κ1) is 22.8. The first-order chi connectivity index (χ1) is 16.1. The van der Waals surface area contributed by atoms with Gasteiger partial charge in [-0.2, -0.15) is 0 Å². The van der Waals surface area contributed by atoms with Crippen molar-refractivity contribution in [3.05, 3.63) is 108 Å². The van der Waals surface area contributed by atoms with Crippen LogP contribution in [0, 0.1) is 5.41 Å². The number of rotatable bonds is 8. The molecule has 3 saturated heterocycles. The average Bonchev–Trinajstić information content (AvgIpc) is 2.89. The topological polar surface area (TPSA) is 29.5 Å². The summed E-state index contributed by atoms with van der Waals surface area (Å²) in [5.41, 5.74) is 2.05. The molecule has 1 unspecified atom stereocenters. The number of aliphatic hydroxyl groups is 1. The predicted octanol–water partition coefficient (Wildman–Crippen LogP) is 5.86. The van der Waals surface area contributed by atoms with Gasteiger partial charge in [-0.15, -0.1) is 0 Å². The van der Waals surface area contributed by atoms with Crippen LogP contribution in [-0.2, 0) is 16.9 Å². The van der Waals surface area contributed by atoms with Crippen LogP contribution in [0.15, 0.2) is 91.0 Å². The van der Waals surface area contributed by atoms with Crippen LogP contribution >= 0.6 is 15.9 Å². The smallest absolute Gasteiger partial charge is 0.145 e. The van der Waals surface area contributed by atoms with Crippen LogP contribution in [0.2, 0.25) is 0 Å². The Morgan fingerprint density at radius 2 is 1.36 bits per heavy atom. The monoisotopic (exact) mass is 506 g/mol. The molecule has 2 bridgehead atoms. The molecule has 6 rings (SSSR count). The van der Waals surface area contributed by atoms with Crippen molar-refractivity contribution in [1.82, 2.24) is 0 Å². The maximum Gasteiger partial charge on any atom is 0.145 e. The molecular formula is C29H33BrNO2+. The van der Waals surface area contributed by atoms with E-state index < -0.39 is 5.60 Å². The highest BCUT2D eigenvalue weighted by Crippen LogP contribution is 2.60. The number of quaternary nitrogens is 1. The molecule has 4 heteroatoms. The molecule has 0 aromatic heterocycles. The summed E-state index contributed by atoms with van der Waals surface area (Å²) in [6, 6.07) is 31.0. The Morgan fingerprint density at radius 1 is 0.848 bits per heavy atom. The largest absolute Gasteiger partial charge is 0.380 e. The van der Waals surface area contributed by atoms with Crippen molar-refractivity contribution in [1.29, 1.82) is 0 Å². The molecule has 0 radical (unpaired) electrons. The van der Waals surface area contributed by atoms with E-state index in [1.54, 1.807) is 0 Å². The molecule has 3 aliphatic heterocycles. The van der Waals surface area contributed by atoms with Crippen molar-refractivity contribution in [3.8, 4) is 0 Å².